The van der Waals surface area contributed by atoms with Crippen LogP contribution in [-0.4, -0.2) is 24.2 Å². The van der Waals surface area contributed by atoms with Crippen molar-refractivity contribution in [2.75, 3.05) is 17.7 Å². The number of hydrogen-bond acceptors (Lipinski definition) is 2. The Kier molecular flexibility index (Phi) is 4.79. The van der Waals surface area contributed by atoms with Crippen LogP contribution in [0.15, 0.2) is 24.3 Å². The summed E-state index contributed by atoms with van der Waals surface area (Å²) in [6.07, 6.45) is 0. The summed E-state index contributed by atoms with van der Waals surface area (Å²) in [7, 11) is 0. The van der Waals surface area contributed by atoms with Gasteiger partial charge in [0.05, 0.1) is 6.54 Å². The van der Waals surface area contributed by atoms with Crippen molar-refractivity contribution < 1.29 is 9.59 Å². The first-order chi connectivity index (χ1) is 7.63. The number of para-hydroxylation sites is 1. The Morgan fingerprint density at radius 2 is 1.94 bits per heavy atom. The monoisotopic (exact) mass is 240 g/mol. The van der Waals surface area contributed by atoms with Gasteiger partial charge in [0.2, 0.25) is 11.8 Å². The number of benzene rings is 1. The van der Waals surface area contributed by atoms with Gasteiger partial charge in [-0.3, -0.25) is 9.59 Å². The Labute approximate surface area is 99.0 Å². The molecule has 1 aromatic rings. The molecule has 0 bridgehead atoms. The summed E-state index contributed by atoms with van der Waals surface area (Å²) in [5, 5.41) is 5.08. The molecule has 5 heteroatoms. The van der Waals surface area contributed by atoms with E-state index in [1.54, 1.807) is 6.07 Å². The smallest absolute Gasteiger partial charge is 0.243 e. The van der Waals surface area contributed by atoms with Crippen molar-refractivity contribution in [1.82, 2.24) is 5.32 Å². The lowest BCUT2D eigenvalue weighted by atomic mass is 10.2. The van der Waals surface area contributed by atoms with Crippen LogP contribution in [0.3, 0.4) is 0 Å². The second-order valence-electron chi connectivity index (χ2n) is 3.27. The van der Waals surface area contributed by atoms with E-state index in [0.717, 1.165) is 11.3 Å². The number of rotatable bonds is 4. The Hall–Kier alpha value is -1.55. The van der Waals surface area contributed by atoms with Gasteiger partial charge < -0.3 is 10.6 Å². The highest BCUT2D eigenvalue weighted by Gasteiger charge is 2.05. The molecule has 2 amide bonds. The zero-order chi connectivity index (χ0) is 12.0. The average molecular weight is 241 g/mol. The predicted molar refractivity (Wildman–Crippen MR) is 63.5 cm³/mol. The van der Waals surface area contributed by atoms with Crippen LogP contribution in [0.25, 0.3) is 0 Å². The second-order valence-corrected chi connectivity index (χ2v) is 3.54. The van der Waals surface area contributed by atoms with E-state index in [0.29, 0.717) is 0 Å². The number of alkyl halides is 1. The van der Waals surface area contributed by atoms with Crippen molar-refractivity contribution in [3.05, 3.63) is 29.8 Å². The van der Waals surface area contributed by atoms with Crippen molar-refractivity contribution in [2.24, 2.45) is 0 Å². The van der Waals surface area contributed by atoms with Gasteiger partial charge in [0, 0.05) is 5.69 Å². The summed E-state index contributed by atoms with van der Waals surface area (Å²) in [4.78, 5) is 22.2. The topological polar surface area (TPSA) is 58.2 Å². The standard InChI is InChI=1S/C11H13ClN2O2/c1-8-4-2-3-5-9(8)14-11(16)7-13-10(15)6-12/h2-5H,6-7H2,1H3,(H,13,15)(H,14,16). The number of hydrogen-bond donors (Lipinski definition) is 2. The first-order valence-electron chi connectivity index (χ1n) is 4.81. The van der Waals surface area contributed by atoms with Crippen LogP contribution in [0, 0.1) is 6.92 Å². The molecule has 86 valence electrons. The average Bonchev–Trinajstić information content (AvgIpc) is 2.29. The molecule has 0 radical (unpaired) electrons. The number of carbonyl (C=O) groups excluding carboxylic acids is 2. The predicted octanol–water partition coefficient (Wildman–Crippen LogP) is 1.29. The molecule has 0 spiro atoms. The summed E-state index contributed by atoms with van der Waals surface area (Å²) < 4.78 is 0. The highest BCUT2D eigenvalue weighted by atomic mass is 35.5. The normalized spacial score (nSPS) is 9.62. The fraction of sp³-hybridized carbons (Fsp3) is 0.273. The second kappa shape index (κ2) is 6.12. The number of anilines is 1. The molecule has 0 unspecified atom stereocenters. The minimum atomic E-state index is -0.360. The van der Waals surface area contributed by atoms with E-state index in [-0.39, 0.29) is 24.2 Å². The molecule has 0 aliphatic rings. The molecule has 0 saturated heterocycles. The largest absolute Gasteiger partial charge is 0.346 e. The zero-order valence-electron chi connectivity index (χ0n) is 8.92. The zero-order valence-corrected chi connectivity index (χ0v) is 9.67. The Bertz CT molecular complexity index is 393. The fourth-order valence-electron chi connectivity index (χ4n) is 1.13. The van der Waals surface area contributed by atoms with E-state index >= 15 is 0 Å². The number of halogens is 1. The highest BCUT2D eigenvalue weighted by Crippen LogP contribution is 2.12. The van der Waals surface area contributed by atoms with Gasteiger partial charge in [0.1, 0.15) is 5.88 Å². The minimum absolute atomic E-state index is 0.0696. The maximum absolute atomic E-state index is 11.4. The molecule has 0 heterocycles. The van der Waals surface area contributed by atoms with Crippen LogP contribution in [0.5, 0.6) is 0 Å². The van der Waals surface area contributed by atoms with E-state index in [9.17, 15) is 9.59 Å². The fourth-order valence-corrected chi connectivity index (χ4v) is 1.23. The third-order valence-corrected chi connectivity index (χ3v) is 2.23. The Balaban J connectivity index is 2.46. The molecule has 2 N–H and O–H groups in total. The van der Waals surface area contributed by atoms with E-state index in [1.165, 1.54) is 0 Å². The van der Waals surface area contributed by atoms with E-state index in [2.05, 4.69) is 10.6 Å². The molecule has 1 aromatic carbocycles. The molecular formula is C11H13ClN2O2. The molecule has 0 fully saturated rings. The highest BCUT2D eigenvalue weighted by molar-refractivity contribution is 6.27. The van der Waals surface area contributed by atoms with Crippen LogP contribution in [0.2, 0.25) is 0 Å². The molecule has 0 aliphatic heterocycles. The van der Waals surface area contributed by atoms with Crippen LogP contribution in [0.4, 0.5) is 5.69 Å². The lowest BCUT2D eigenvalue weighted by Crippen LogP contribution is -2.33. The van der Waals surface area contributed by atoms with Gasteiger partial charge in [-0.1, -0.05) is 18.2 Å². The lowest BCUT2D eigenvalue weighted by molar-refractivity contribution is -0.122. The SMILES string of the molecule is Cc1ccccc1NC(=O)CNC(=O)CCl. The van der Waals surface area contributed by atoms with Crippen molar-refractivity contribution in [2.45, 2.75) is 6.92 Å². The third kappa shape index (κ3) is 3.90. The van der Waals surface area contributed by atoms with Gasteiger partial charge in [-0.25, -0.2) is 0 Å². The van der Waals surface area contributed by atoms with Gasteiger partial charge in [0.25, 0.3) is 0 Å². The summed E-state index contributed by atoms with van der Waals surface area (Å²) in [6, 6.07) is 7.42. The van der Waals surface area contributed by atoms with Gasteiger partial charge in [-0.2, -0.15) is 0 Å². The number of amides is 2. The van der Waals surface area contributed by atoms with E-state index in [1.807, 2.05) is 25.1 Å². The van der Waals surface area contributed by atoms with E-state index in [4.69, 9.17) is 11.6 Å². The van der Waals surface area contributed by atoms with Crippen molar-refractivity contribution in [3.63, 3.8) is 0 Å². The quantitative estimate of drug-likeness (QED) is 0.780. The minimum Gasteiger partial charge on any atom is -0.346 e. The number of carbonyl (C=O) groups is 2. The first kappa shape index (κ1) is 12.5. The van der Waals surface area contributed by atoms with E-state index < -0.39 is 0 Å². The maximum Gasteiger partial charge on any atom is 0.243 e. The Morgan fingerprint density at radius 3 is 2.56 bits per heavy atom. The molecule has 0 atom stereocenters. The number of aryl methyl sites for hydroxylation is 1. The number of nitrogens with one attached hydrogen (secondary N) is 2. The third-order valence-electron chi connectivity index (χ3n) is 1.99. The van der Waals surface area contributed by atoms with Gasteiger partial charge in [0.15, 0.2) is 0 Å². The first-order valence-corrected chi connectivity index (χ1v) is 5.35. The molecule has 4 nitrogen and oxygen atoms in total. The maximum atomic E-state index is 11.4. The summed E-state index contributed by atoms with van der Waals surface area (Å²) in [5.74, 6) is -0.771. The lowest BCUT2D eigenvalue weighted by Gasteiger charge is -2.08. The molecule has 0 saturated carbocycles. The van der Waals surface area contributed by atoms with Crippen LogP contribution in [0.1, 0.15) is 5.56 Å². The molecule has 16 heavy (non-hydrogen) atoms. The van der Waals surface area contributed by atoms with Gasteiger partial charge in [-0.05, 0) is 18.6 Å². The Morgan fingerprint density at radius 1 is 1.25 bits per heavy atom. The summed E-state index contributed by atoms with van der Waals surface area (Å²) >= 11 is 5.28. The van der Waals surface area contributed by atoms with Crippen molar-refractivity contribution in [3.8, 4) is 0 Å². The summed E-state index contributed by atoms with van der Waals surface area (Å²) in [5.41, 5.74) is 1.71. The van der Waals surface area contributed by atoms with Crippen LogP contribution in [-0.2, 0) is 9.59 Å². The molecule has 0 aromatic heterocycles. The van der Waals surface area contributed by atoms with Crippen molar-refractivity contribution >= 4 is 29.1 Å². The van der Waals surface area contributed by atoms with Crippen molar-refractivity contribution in [1.29, 1.82) is 0 Å². The van der Waals surface area contributed by atoms with Crippen LogP contribution < -0.4 is 10.6 Å². The van der Waals surface area contributed by atoms with Gasteiger partial charge in [-0.15, -0.1) is 11.6 Å². The molecule has 0 aliphatic carbocycles. The van der Waals surface area contributed by atoms with Crippen LogP contribution >= 0.6 is 11.6 Å². The summed E-state index contributed by atoms with van der Waals surface area (Å²) in [6.45, 7) is 1.83. The van der Waals surface area contributed by atoms with Gasteiger partial charge >= 0.3 is 0 Å². The molecule has 1 rings (SSSR count). The molecular weight excluding hydrogens is 228 g/mol.